The number of aromatic nitrogens is 2. The van der Waals surface area contributed by atoms with Crippen LogP contribution in [0.3, 0.4) is 0 Å². The average molecular weight is 399 g/mol. The van der Waals surface area contributed by atoms with Crippen molar-refractivity contribution >= 4 is 17.6 Å². The number of aliphatic carboxylic acids is 1. The molecule has 0 saturated carbocycles. The first-order chi connectivity index (χ1) is 13.5. The Balaban J connectivity index is 1.50. The van der Waals surface area contributed by atoms with E-state index in [0.717, 1.165) is 22.6 Å². The zero-order valence-electron chi connectivity index (χ0n) is 15.3. The number of nitrogens with zero attached hydrogens (tertiary/aromatic N) is 2. The van der Waals surface area contributed by atoms with Crippen molar-refractivity contribution in [3.63, 3.8) is 0 Å². The standard InChI is InChI=1S/C21H19ClN2O4/c1-24-17(20(22)23-21(24)13-5-3-2-4-6-13)12-27-15-7-8-16-14(9-19(25)26)11-28-18(16)10-15/h2-8,10,14H,9,11-12H2,1H3,(H,25,26). The van der Waals surface area contributed by atoms with Gasteiger partial charge in [0, 0.05) is 30.2 Å². The molecular weight excluding hydrogens is 380 g/mol. The quantitative estimate of drug-likeness (QED) is 0.671. The molecule has 2 aromatic carbocycles. The lowest BCUT2D eigenvalue weighted by Crippen LogP contribution is -2.07. The number of carboxylic acids is 1. The average Bonchev–Trinajstić information content (AvgIpc) is 3.20. The Bertz CT molecular complexity index is 1020. The van der Waals surface area contributed by atoms with Gasteiger partial charge in [-0.25, -0.2) is 4.98 Å². The number of benzene rings is 2. The fourth-order valence-electron chi connectivity index (χ4n) is 3.38. The number of hydrogen-bond donors (Lipinski definition) is 1. The number of hydrogen-bond acceptors (Lipinski definition) is 4. The lowest BCUT2D eigenvalue weighted by molar-refractivity contribution is -0.137. The van der Waals surface area contributed by atoms with E-state index in [9.17, 15) is 4.79 Å². The van der Waals surface area contributed by atoms with Crippen molar-refractivity contribution in [1.29, 1.82) is 0 Å². The molecule has 0 radical (unpaired) electrons. The topological polar surface area (TPSA) is 73.6 Å². The van der Waals surface area contributed by atoms with Gasteiger partial charge in [0.25, 0.3) is 0 Å². The van der Waals surface area contributed by atoms with Crippen molar-refractivity contribution < 1.29 is 19.4 Å². The van der Waals surface area contributed by atoms with Crippen LogP contribution in [0, 0.1) is 0 Å². The van der Waals surface area contributed by atoms with E-state index in [1.54, 1.807) is 6.07 Å². The van der Waals surface area contributed by atoms with E-state index in [1.165, 1.54) is 0 Å². The Morgan fingerprint density at radius 2 is 2.11 bits per heavy atom. The smallest absolute Gasteiger partial charge is 0.304 e. The first-order valence-electron chi connectivity index (χ1n) is 8.90. The van der Waals surface area contributed by atoms with Gasteiger partial charge in [-0.1, -0.05) is 48.0 Å². The van der Waals surface area contributed by atoms with E-state index in [2.05, 4.69) is 4.98 Å². The van der Waals surface area contributed by atoms with Gasteiger partial charge in [-0.3, -0.25) is 4.79 Å². The summed E-state index contributed by atoms with van der Waals surface area (Å²) >= 11 is 6.34. The maximum Gasteiger partial charge on any atom is 0.304 e. The van der Waals surface area contributed by atoms with Crippen molar-refractivity contribution in [2.45, 2.75) is 18.9 Å². The third-order valence-corrected chi connectivity index (χ3v) is 5.16. The molecule has 0 amide bonds. The SMILES string of the molecule is Cn1c(-c2ccccc2)nc(Cl)c1COc1ccc2c(c1)OCC2CC(=O)O. The van der Waals surface area contributed by atoms with Gasteiger partial charge < -0.3 is 19.1 Å². The van der Waals surface area contributed by atoms with Crippen LogP contribution in [-0.4, -0.2) is 27.2 Å². The largest absolute Gasteiger partial charge is 0.492 e. The van der Waals surface area contributed by atoms with Crippen LogP contribution in [0.15, 0.2) is 48.5 Å². The molecule has 0 spiro atoms. The van der Waals surface area contributed by atoms with Crippen LogP contribution in [0.2, 0.25) is 5.15 Å². The van der Waals surface area contributed by atoms with Gasteiger partial charge in [0.05, 0.1) is 18.7 Å². The molecule has 0 saturated heterocycles. The summed E-state index contributed by atoms with van der Waals surface area (Å²) in [5, 5.41) is 9.40. The van der Waals surface area contributed by atoms with Crippen LogP contribution in [0.25, 0.3) is 11.4 Å². The molecule has 7 heteroatoms. The van der Waals surface area contributed by atoms with Crippen molar-refractivity contribution in [2.24, 2.45) is 7.05 Å². The Labute approximate surface area is 167 Å². The summed E-state index contributed by atoms with van der Waals surface area (Å²) in [6.45, 7) is 0.631. The van der Waals surface area contributed by atoms with E-state index in [0.29, 0.717) is 23.3 Å². The molecule has 1 aliphatic rings. The van der Waals surface area contributed by atoms with Crippen LogP contribution < -0.4 is 9.47 Å². The van der Waals surface area contributed by atoms with Crippen molar-refractivity contribution in [2.75, 3.05) is 6.61 Å². The summed E-state index contributed by atoms with van der Waals surface area (Å²) in [6, 6.07) is 15.3. The van der Waals surface area contributed by atoms with Gasteiger partial charge in [-0.05, 0) is 6.07 Å². The monoisotopic (exact) mass is 398 g/mol. The van der Waals surface area contributed by atoms with Crippen LogP contribution in [0.1, 0.15) is 23.6 Å². The van der Waals surface area contributed by atoms with E-state index in [1.807, 2.05) is 54.1 Å². The van der Waals surface area contributed by atoms with Gasteiger partial charge in [-0.15, -0.1) is 0 Å². The Morgan fingerprint density at radius 1 is 1.32 bits per heavy atom. The van der Waals surface area contributed by atoms with Crippen molar-refractivity contribution in [1.82, 2.24) is 9.55 Å². The second-order valence-corrected chi connectivity index (χ2v) is 7.05. The maximum absolute atomic E-state index is 11.0. The minimum atomic E-state index is -0.832. The molecular formula is C21H19ClN2O4. The van der Waals surface area contributed by atoms with E-state index in [4.69, 9.17) is 26.2 Å². The molecule has 6 nitrogen and oxygen atoms in total. The molecule has 1 atom stereocenters. The zero-order valence-corrected chi connectivity index (χ0v) is 16.0. The molecule has 1 aliphatic heterocycles. The van der Waals surface area contributed by atoms with Crippen LogP contribution in [-0.2, 0) is 18.4 Å². The summed E-state index contributed by atoms with van der Waals surface area (Å²) in [7, 11) is 1.90. The maximum atomic E-state index is 11.0. The molecule has 1 unspecified atom stereocenters. The highest BCUT2D eigenvalue weighted by atomic mass is 35.5. The number of carboxylic acid groups (broad SMARTS) is 1. The number of fused-ring (bicyclic) bond motifs is 1. The predicted molar refractivity (Wildman–Crippen MR) is 105 cm³/mol. The van der Waals surface area contributed by atoms with Crippen molar-refractivity contribution in [3.8, 4) is 22.9 Å². The van der Waals surface area contributed by atoms with Gasteiger partial charge in [0.15, 0.2) is 5.15 Å². The van der Waals surface area contributed by atoms with E-state index < -0.39 is 5.97 Å². The zero-order chi connectivity index (χ0) is 19.7. The van der Waals surface area contributed by atoms with Crippen molar-refractivity contribution in [3.05, 3.63) is 64.9 Å². The summed E-state index contributed by atoms with van der Waals surface area (Å²) in [6.07, 6.45) is 0.0556. The van der Waals surface area contributed by atoms with E-state index in [-0.39, 0.29) is 18.9 Å². The Kier molecular flexibility index (Phi) is 4.96. The second kappa shape index (κ2) is 7.56. The van der Waals surface area contributed by atoms with Crippen LogP contribution >= 0.6 is 11.6 Å². The third-order valence-electron chi connectivity index (χ3n) is 4.86. The number of imidazole rings is 1. The highest BCUT2D eigenvalue weighted by Crippen LogP contribution is 2.38. The molecule has 144 valence electrons. The number of carbonyl (C=O) groups is 1. The minimum Gasteiger partial charge on any atom is -0.492 e. The highest BCUT2D eigenvalue weighted by molar-refractivity contribution is 6.30. The van der Waals surface area contributed by atoms with E-state index >= 15 is 0 Å². The fourth-order valence-corrected chi connectivity index (χ4v) is 3.64. The Morgan fingerprint density at radius 3 is 2.86 bits per heavy atom. The fraction of sp³-hybridized carbons (Fsp3) is 0.238. The molecule has 1 N–H and O–H groups in total. The number of ether oxygens (including phenoxy) is 2. The minimum absolute atomic E-state index is 0.0556. The Hall–Kier alpha value is -2.99. The van der Waals surface area contributed by atoms with Gasteiger partial charge >= 0.3 is 5.97 Å². The second-order valence-electron chi connectivity index (χ2n) is 6.69. The van der Waals surface area contributed by atoms with Crippen LogP contribution in [0.4, 0.5) is 0 Å². The lowest BCUT2D eigenvalue weighted by atomic mass is 9.98. The molecule has 3 aromatic rings. The summed E-state index contributed by atoms with van der Waals surface area (Å²) < 4.78 is 13.5. The molecule has 4 rings (SSSR count). The molecule has 1 aromatic heterocycles. The predicted octanol–water partition coefficient (Wildman–Crippen LogP) is 4.27. The lowest BCUT2D eigenvalue weighted by Gasteiger charge is -2.10. The first-order valence-corrected chi connectivity index (χ1v) is 9.28. The van der Waals surface area contributed by atoms with Gasteiger partial charge in [0.2, 0.25) is 0 Å². The highest BCUT2D eigenvalue weighted by Gasteiger charge is 2.26. The summed E-state index contributed by atoms with van der Waals surface area (Å²) in [5.74, 6) is 1.12. The molecule has 0 bridgehead atoms. The van der Waals surface area contributed by atoms with Gasteiger partial charge in [0.1, 0.15) is 23.9 Å². The summed E-state index contributed by atoms with van der Waals surface area (Å²) in [4.78, 5) is 15.4. The number of rotatable bonds is 6. The molecule has 0 fully saturated rings. The van der Waals surface area contributed by atoms with Crippen LogP contribution in [0.5, 0.6) is 11.5 Å². The summed E-state index contributed by atoms with van der Waals surface area (Å²) in [5.41, 5.74) is 2.65. The molecule has 28 heavy (non-hydrogen) atoms. The molecule has 0 aliphatic carbocycles. The first kappa shape index (κ1) is 18.4. The normalized spacial score (nSPS) is 15.1. The number of halogens is 1. The van der Waals surface area contributed by atoms with Gasteiger partial charge in [-0.2, -0.15) is 0 Å². The third kappa shape index (κ3) is 3.55. The molecule has 2 heterocycles.